The van der Waals surface area contributed by atoms with Crippen LogP contribution >= 0.6 is 15.9 Å². The predicted molar refractivity (Wildman–Crippen MR) is 213 cm³/mol. The van der Waals surface area contributed by atoms with Crippen molar-refractivity contribution in [2.45, 2.75) is 25.2 Å². The number of benzene rings is 2. The summed E-state index contributed by atoms with van der Waals surface area (Å²) in [6.45, 7) is 0. The third-order valence-electron chi connectivity index (χ3n) is 8.69. The standard InChI is InChI=1S/C21H15F3N4O.C13H10BrN3.C8H6F3NO/c22-21(23,24)16-6-4-14(5-7-16)20(29)28-18-8-3-13(11-26-18)10-15-12-27-19-17(15)2-1-9-25-19;14-12-4-3-9(7-16-12)6-10-8-17-13-11(10)2-1-5-15-13;9-8(10,11)6-3-1-5(2-4-6)7(12)13/h1-9,11-12H,10H2,(H,25,27)(H,26,28,29);1-5,7-8H,6H2,(H,15,17);1-4H,(H2,12,13). The third-order valence-corrected chi connectivity index (χ3v) is 9.16. The molecule has 2 aromatic carbocycles. The van der Waals surface area contributed by atoms with Gasteiger partial charge in [-0.05, 0) is 123 Å². The summed E-state index contributed by atoms with van der Waals surface area (Å²) in [6.07, 6.45) is 3.66. The molecule has 59 heavy (non-hydrogen) atoms. The number of pyridine rings is 4. The lowest BCUT2D eigenvalue weighted by molar-refractivity contribution is -0.138. The van der Waals surface area contributed by atoms with Crippen molar-refractivity contribution in [2.24, 2.45) is 5.73 Å². The van der Waals surface area contributed by atoms with Gasteiger partial charge in [0.15, 0.2) is 0 Å². The van der Waals surface area contributed by atoms with Crippen LogP contribution < -0.4 is 11.1 Å². The predicted octanol–water partition coefficient (Wildman–Crippen LogP) is 9.94. The second kappa shape index (κ2) is 18.1. The Hall–Kier alpha value is -6.88. The molecular formula is C42H31BrF6N8O2. The molecule has 8 aromatic rings. The van der Waals surface area contributed by atoms with Gasteiger partial charge in [-0.1, -0.05) is 12.1 Å². The fourth-order valence-corrected chi connectivity index (χ4v) is 5.93. The molecule has 0 aliphatic rings. The molecule has 5 N–H and O–H groups in total. The molecule has 0 radical (unpaired) electrons. The Balaban J connectivity index is 0.000000165. The van der Waals surface area contributed by atoms with Crippen molar-refractivity contribution in [1.82, 2.24) is 29.9 Å². The SMILES string of the molecule is Brc1ccc(Cc2c[nH]c3ncccc23)cn1.NC(=O)c1ccc(C(F)(F)F)cc1.O=C(Nc1ccc(Cc2c[nH]c3ncccc23)cn1)c1ccc(C(F)(F)F)cc1. The highest BCUT2D eigenvalue weighted by Crippen LogP contribution is 2.30. The van der Waals surface area contributed by atoms with E-state index < -0.39 is 35.3 Å². The highest BCUT2D eigenvalue weighted by atomic mass is 79.9. The van der Waals surface area contributed by atoms with E-state index in [4.69, 9.17) is 5.73 Å². The average molecular weight is 874 g/mol. The van der Waals surface area contributed by atoms with Gasteiger partial charge >= 0.3 is 12.4 Å². The number of nitrogens with two attached hydrogens (primary N) is 1. The lowest BCUT2D eigenvalue weighted by atomic mass is 10.1. The molecule has 0 bridgehead atoms. The van der Waals surface area contributed by atoms with Crippen LogP contribution in [-0.2, 0) is 25.2 Å². The van der Waals surface area contributed by atoms with Gasteiger partial charge in [-0.25, -0.2) is 19.9 Å². The van der Waals surface area contributed by atoms with Gasteiger partial charge in [-0.2, -0.15) is 26.3 Å². The van der Waals surface area contributed by atoms with Crippen LogP contribution in [0.1, 0.15) is 54.1 Å². The molecule has 0 aliphatic carbocycles. The summed E-state index contributed by atoms with van der Waals surface area (Å²) in [5, 5.41) is 4.80. The highest BCUT2D eigenvalue weighted by molar-refractivity contribution is 9.10. The zero-order chi connectivity index (χ0) is 42.2. The molecule has 17 heteroatoms. The van der Waals surface area contributed by atoms with E-state index in [0.29, 0.717) is 12.2 Å². The van der Waals surface area contributed by atoms with Gasteiger partial charge in [0.2, 0.25) is 5.91 Å². The Morgan fingerprint density at radius 1 is 0.610 bits per heavy atom. The molecule has 6 heterocycles. The number of aromatic amines is 2. The van der Waals surface area contributed by atoms with Crippen molar-refractivity contribution in [1.29, 1.82) is 0 Å². The smallest absolute Gasteiger partial charge is 0.366 e. The van der Waals surface area contributed by atoms with E-state index in [1.54, 1.807) is 24.7 Å². The maximum absolute atomic E-state index is 12.6. The number of hydrogen-bond donors (Lipinski definition) is 4. The first-order valence-electron chi connectivity index (χ1n) is 17.5. The number of nitrogens with zero attached hydrogens (tertiary/aromatic N) is 4. The number of fused-ring (bicyclic) bond motifs is 2. The van der Waals surface area contributed by atoms with E-state index in [1.165, 1.54) is 16.5 Å². The van der Waals surface area contributed by atoms with E-state index in [1.807, 2.05) is 48.9 Å². The second-order valence-electron chi connectivity index (χ2n) is 12.8. The first-order valence-corrected chi connectivity index (χ1v) is 18.3. The third kappa shape index (κ3) is 11.2. The molecule has 0 saturated heterocycles. The van der Waals surface area contributed by atoms with E-state index >= 15 is 0 Å². The minimum Gasteiger partial charge on any atom is -0.366 e. The molecular weight excluding hydrogens is 842 g/mol. The van der Waals surface area contributed by atoms with Gasteiger partial charge in [-0.3, -0.25) is 9.59 Å². The lowest BCUT2D eigenvalue weighted by Gasteiger charge is -2.08. The Labute approximate surface area is 340 Å². The molecule has 300 valence electrons. The Morgan fingerprint density at radius 3 is 1.51 bits per heavy atom. The summed E-state index contributed by atoms with van der Waals surface area (Å²) >= 11 is 3.34. The number of carbonyl (C=O) groups is 2. The molecule has 0 spiro atoms. The topological polar surface area (TPSA) is 155 Å². The van der Waals surface area contributed by atoms with Crippen LogP contribution in [0.15, 0.2) is 139 Å². The molecule has 0 unspecified atom stereocenters. The molecule has 8 rings (SSSR count). The number of rotatable bonds is 7. The fraction of sp³-hybridized carbons (Fsp3) is 0.0952. The molecule has 0 aliphatic heterocycles. The zero-order valence-electron chi connectivity index (χ0n) is 30.4. The molecule has 0 fully saturated rings. The van der Waals surface area contributed by atoms with Crippen molar-refractivity contribution in [3.63, 3.8) is 0 Å². The Morgan fingerprint density at radius 2 is 1.08 bits per heavy atom. The molecule has 0 saturated carbocycles. The van der Waals surface area contributed by atoms with Gasteiger partial charge in [0, 0.05) is 71.9 Å². The number of H-pyrrole nitrogens is 2. The summed E-state index contributed by atoms with van der Waals surface area (Å²) in [5.74, 6) is -0.949. The van der Waals surface area contributed by atoms with Crippen molar-refractivity contribution in [3.8, 4) is 0 Å². The monoisotopic (exact) mass is 872 g/mol. The van der Waals surface area contributed by atoms with E-state index in [0.717, 1.165) is 87.4 Å². The van der Waals surface area contributed by atoms with Gasteiger partial charge in [0.05, 0.1) is 11.1 Å². The number of nitrogens with one attached hydrogen (secondary N) is 3. The number of alkyl halides is 6. The maximum Gasteiger partial charge on any atom is 0.416 e. The van der Waals surface area contributed by atoms with Crippen LogP contribution in [-0.4, -0.2) is 41.7 Å². The summed E-state index contributed by atoms with van der Waals surface area (Å²) in [6, 6.07) is 23.2. The lowest BCUT2D eigenvalue weighted by Crippen LogP contribution is -2.13. The number of primary amides is 1. The van der Waals surface area contributed by atoms with Crippen LogP contribution in [0, 0.1) is 0 Å². The van der Waals surface area contributed by atoms with Crippen LogP contribution in [0.3, 0.4) is 0 Å². The van der Waals surface area contributed by atoms with Crippen LogP contribution in [0.2, 0.25) is 0 Å². The summed E-state index contributed by atoms with van der Waals surface area (Å²) in [7, 11) is 0. The van der Waals surface area contributed by atoms with Gasteiger partial charge in [0.25, 0.3) is 5.91 Å². The van der Waals surface area contributed by atoms with Gasteiger partial charge < -0.3 is 21.0 Å². The fourth-order valence-electron chi connectivity index (χ4n) is 5.69. The van der Waals surface area contributed by atoms with Crippen molar-refractivity contribution < 1.29 is 35.9 Å². The zero-order valence-corrected chi connectivity index (χ0v) is 32.0. The van der Waals surface area contributed by atoms with Crippen LogP contribution in [0.5, 0.6) is 0 Å². The molecule has 0 atom stereocenters. The number of aromatic nitrogens is 6. The normalized spacial score (nSPS) is 11.3. The number of anilines is 1. The van der Waals surface area contributed by atoms with E-state index in [2.05, 4.69) is 63.3 Å². The highest BCUT2D eigenvalue weighted by Gasteiger charge is 2.31. The quantitative estimate of drug-likeness (QED) is 0.0923. The first kappa shape index (κ1) is 41.7. The Kier molecular flexibility index (Phi) is 12.8. The Bertz CT molecular complexity index is 2660. The number of carbonyl (C=O) groups excluding carboxylic acids is 2. The van der Waals surface area contributed by atoms with Crippen molar-refractivity contribution >= 4 is 55.6 Å². The minimum absolute atomic E-state index is 0.0630. The average Bonchev–Trinajstić information content (AvgIpc) is 3.83. The molecule has 2 amide bonds. The summed E-state index contributed by atoms with van der Waals surface area (Å²) in [5.41, 5.74) is 9.66. The maximum atomic E-state index is 12.6. The minimum atomic E-state index is -4.44. The second-order valence-corrected chi connectivity index (χ2v) is 13.6. The van der Waals surface area contributed by atoms with Gasteiger partial charge in [-0.15, -0.1) is 0 Å². The number of hydrogen-bond acceptors (Lipinski definition) is 6. The number of amides is 2. The summed E-state index contributed by atoms with van der Waals surface area (Å²) < 4.78 is 74.7. The van der Waals surface area contributed by atoms with Gasteiger partial charge in [0.1, 0.15) is 21.7 Å². The molecule has 10 nitrogen and oxygen atoms in total. The summed E-state index contributed by atoms with van der Waals surface area (Å²) in [4.78, 5) is 46.0. The van der Waals surface area contributed by atoms with Crippen LogP contribution in [0.4, 0.5) is 32.2 Å². The van der Waals surface area contributed by atoms with Crippen molar-refractivity contribution in [3.05, 3.63) is 183 Å². The van der Waals surface area contributed by atoms with E-state index in [9.17, 15) is 35.9 Å². The van der Waals surface area contributed by atoms with Crippen LogP contribution in [0.25, 0.3) is 22.1 Å². The molecule has 6 aromatic heterocycles. The van der Waals surface area contributed by atoms with E-state index in [-0.39, 0.29) is 11.1 Å². The largest absolute Gasteiger partial charge is 0.416 e. The first-order chi connectivity index (χ1) is 28.1. The van der Waals surface area contributed by atoms with Crippen molar-refractivity contribution in [2.75, 3.05) is 5.32 Å². The number of halogens is 7.